The molecule has 0 spiro atoms. The first kappa shape index (κ1) is 35.5. The smallest absolute Gasteiger partial charge is 0.171 e. The number of aromatic nitrogens is 3. The van der Waals surface area contributed by atoms with Gasteiger partial charge in [0.1, 0.15) is 0 Å². The van der Waals surface area contributed by atoms with Gasteiger partial charge in [-0.05, 0) is 35.1 Å². The Morgan fingerprint density at radius 2 is 0.768 bits per heavy atom. The Kier molecular flexibility index (Phi) is 9.82. The number of benzene rings is 7. The second kappa shape index (κ2) is 15.5. The van der Waals surface area contributed by atoms with Gasteiger partial charge in [-0.15, -0.1) is 0 Å². The van der Waals surface area contributed by atoms with E-state index >= 15 is 0 Å². The minimum absolute atomic E-state index is 0.105. The predicted octanol–water partition coefficient (Wildman–Crippen LogP) is 11.4. The Hall–Kier alpha value is -6.22. The molecule has 0 N–H and O–H groups in total. The number of hydrogen-bond donors (Lipinski definition) is 0. The first-order valence-electron chi connectivity index (χ1n) is 19.5. The van der Waals surface area contributed by atoms with Crippen molar-refractivity contribution in [1.29, 1.82) is 0 Å². The molecular formula is C51H42N3OP. The Balaban J connectivity index is 1.06. The molecule has 9 rings (SSSR count). The monoisotopic (exact) mass is 743 g/mol. The molecule has 4 nitrogen and oxygen atoms in total. The second-order valence-corrected chi connectivity index (χ2v) is 17.4. The van der Waals surface area contributed by atoms with Gasteiger partial charge in [-0.25, -0.2) is 15.0 Å². The lowest BCUT2D eigenvalue weighted by Gasteiger charge is -2.39. The Bertz CT molecular complexity index is 2510. The largest absolute Gasteiger partial charge is 0.309 e. The summed E-state index contributed by atoms with van der Waals surface area (Å²) in [5.74, 6) is 1.99. The van der Waals surface area contributed by atoms with Crippen LogP contribution in [0.5, 0.6) is 0 Å². The van der Waals surface area contributed by atoms with E-state index in [9.17, 15) is 4.57 Å². The molecule has 0 unspecified atom stereocenters. The highest BCUT2D eigenvalue weighted by Crippen LogP contribution is 2.47. The van der Waals surface area contributed by atoms with E-state index in [1.165, 1.54) is 30.4 Å². The van der Waals surface area contributed by atoms with Crippen LogP contribution in [0, 0.1) is 0 Å². The summed E-state index contributed by atoms with van der Waals surface area (Å²) in [6.07, 6.45) is 5.80. The molecule has 1 saturated carbocycles. The van der Waals surface area contributed by atoms with Crippen molar-refractivity contribution in [2.45, 2.75) is 37.5 Å². The van der Waals surface area contributed by atoms with Gasteiger partial charge in [0, 0.05) is 38.0 Å². The van der Waals surface area contributed by atoms with Gasteiger partial charge in [-0.1, -0.05) is 213 Å². The van der Waals surface area contributed by atoms with Crippen molar-refractivity contribution in [3.8, 4) is 45.3 Å². The maximum absolute atomic E-state index is 15.0. The summed E-state index contributed by atoms with van der Waals surface area (Å²) in [5.41, 5.74) is 7.72. The van der Waals surface area contributed by atoms with Crippen LogP contribution in [0.2, 0.25) is 0 Å². The highest BCUT2D eigenvalue weighted by molar-refractivity contribution is 7.85. The van der Waals surface area contributed by atoms with Gasteiger partial charge >= 0.3 is 0 Å². The molecule has 272 valence electrons. The standard InChI is InChI=1S/C51H42N3OP/c55-56(45-23-10-3-11-24-45,46-25-12-4-13-26-46)47-33-29-38(30-34-47)42-21-16-22-44(37-42)51(35-14-5-15-36-51)43-31-27-41(28-32-43)50-53-48(39-17-6-1-7-18-39)52-49(54-50)40-19-8-2-9-20-40/h1-4,6-13,16-34,37H,5,14-15,35-36H2. The first-order chi connectivity index (χ1) is 27.6. The number of rotatable bonds is 9. The van der Waals surface area contributed by atoms with Gasteiger partial charge in [-0.3, -0.25) is 0 Å². The van der Waals surface area contributed by atoms with Crippen LogP contribution in [0.25, 0.3) is 45.3 Å². The van der Waals surface area contributed by atoms with Crippen molar-refractivity contribution in [2.24, 2.45) is 0 Å². The summed E-state index contributed by atoms with van der Waals surface area (Å²) >= 11 is 0. The molecule has 0 saturated heterocycles. The summed E-state index contributed by atoms with van der Waals surface area (Å²) < 4.78 is 15.0. The highest BCUT2D eigenvalue weighted by atomic mass is 31.2. The van der Waals surface area contributed by atoms with Crippen molar-refractivity contribution >= 4 is 23.1 Å². The van der Waals surface area contributed by atoms with Gasteiger partial charge in [-0.2, -0.15) is 0 Å². The molecule has 0 aliphatic heterocycles. The Morgan fingerprint density at radius 1 is 0.357 bits per heavy atom. The molecule has 56 heavy (non-hydrogen) atoms. The minimum Gasteiger partial charge on any atom is -0.309 e. The van der Waals surface area contributed by atoms with Crippen LogP contribution >= 0.6 is 7.14 Å². The molecule has 1 heterocycles. The van der Waals surface area contributed by atoms with Crippen molar-refractivity contribution in [3.63, 3.8) is 0 Å². The molecular weight excluding hydrogens is 702 g/mol. The first-order valence-corrected chi connectivity index (χ1v) is 21.2. The van der Waals surface area contributed by atoms with Crippen LogP contribution in [-0.2, 0) is 9.98 Å². The van der Waals surface area contributed by atoms with Crippen LogP contribution < -0.4 is 15.9 Å². The summed E-state index contributed by atoms with van der Waals surface area (Å²) in [5, 5.41) is 2.52. The summed E-state index contributed by atoms with van der Waals surface area (Å²) in [7, 11) is -3.05. The summed E-state index contributed by atoms with van der Waals surface area (Å²) in [6, 6.07) is 66.4. The lowest BCUT2D eigenvalue weighted by Crippen LogP contribution is -2.30. The van der Waals surface area contributed by atoms with Gasteiger partial charge in [0.2, 0.25) is 0 Å². The normalized spacial score (nSPS) is 13.9. The second-order valence-electron chi connectivity index (χ2n) is 14.7. The van der Waals surface area contributed by atoms with Crippen LogP contribution in [0.3, 0.4) is 0 Å². The average Bonchev–Trinajstić information content (AvgIpc) is 3.30. The molecule has 0 atom stereocenters. The van der Waals surface area contributed by atoms with Crippen LogP contribution in [0.15, 0.2) is 194 Å². The lowest BCUT2D eigenvalue weighted by atomic mass is 9.65. The zero-order chi connectivity index (χ0) is 37.8. The lowest BCUT2D eigenvalue weighted by molar-refractivity contribution is 0.346. The SMILES string of the molecule is O=P(c1ccccc1)(c1ccccc1)c1ccc(-c2cccc(C3(c4ccc(-c5nc(-c6ccccc6)nc(-c6ccccc6)n5)cc4)CCCCC3)c2)cc1. The third-order valence-electron chi connectivity index (χ3n) is 11.3. The van der Waals surface area contributed by atoms with Crippen molar-refractivity contribution < 1.29 is 4.57 Å². The van der Waals surface area contributed by atoms with Crippen LogP contribution in [0.4, 0.5) is 0 Å². The highest BCUT2D eigenvalue weighted by Gasteiger charge is 2.36. The van der Waals surface area contributed by atoms with Crippen molar-refractivity contribution in [3.05, 3.63) is 205 Å². The molecule has 1 fully saturated rings. The molecule has 8 aromatic rings. The Morgan fingerprint density at radius 3 is 1.27 bits per heavy atom. The predicted molar refractivity (Wildman–Crippen MR) is 231 cm³/mol. The molecule has 0 amide bonds. The molecule has 0 radical (unpaired) electrons. The molecule has 1 aliphatic carbocycles. The van der Waals surface area contributed by atoms with Crippen molar-refractivity contribution in [1.82, 2.24) is 15.0 Å². The average molecular weight is 744 g/mol. The van der Waals surface area contributed by atoms with Gasteiger partial charge in [0.15, 0.2) is 24.6 Å². The van der Waals surface area contributed by atoms with E-state index in [0.717, 1.165) is 56.6 Å². The minimum atomic E-state index is -3.05. The quantitative estimate of drug-likeness (QED) is 0.138. The molecule has 1 aliphatic rings. The van der Waals surface area contributed by atoms with Gasteiger partial charge in [0.25, 0.3) is 0 Å². The number of nitrogens with zero attached hydrogens (tertiary/aromatic N) is 3. The third kappa shape index (κ3) is 6.82. The Labute approximate surface area is 329 Å². The van der Waals surface area contributed by atoms with E-state index in [0.29, 0.717) is 17.5 Å². The van der Waals surface area contributed by atoms with E-state index in [2.05, 4.69) is 72.8 Å². The van der Waals surface area contributed by atoms with E-state index in [1.54, 1.807) is 0 Å². The van der Waals surface area contributed by atoms with E-state index in [4.69, 9.17) is 15.0 Å². The van der Waals surface area contributed by atoms with Crippen LogP contribution in [-0.4, -0.2) is 15.0 Å². The van der Waals surface area contributed by atoms with E-state index in [-0.39, 0.29) is 5.41 Å². The van der Waals surface area contributed by atoms with Crippen molar-refractivity contribution in [2.75, 3.05) is 0 Å². The molecule has 5 heteroatoms. The van der Waals surface area contributed by atoms with E-state index in [1.807, 2.05) is 121 Å². The van der Waals surface area contributed by atoms with Gasteiger partial charge in [0.05, 0.1) is 0 Å². The fraction of sp³-hybridized carbons (Fsp3) is 0.118. The molecule has 1 aromatic heterocycles. The summed E-state index contributed by atoms with van der Waals surface area (Å²) in [4.78, 5) is 14.8. The number of hydrogen-bond acceptors (Lipinski definition) is 4. The van der Waals surface area contributed by atoms with Gasteiger partial charge < -0.3 is 4.57 Å². The summed E-state index contributed by atoms with van der Waals surface area (Å²) in [6.45, 7) is 0. The third-order valence-corrected chi connectivity index (χ3v) is 14.4. The maximum atomic E-state index is 15.0. The van der Waals surface area contributed by atoms with Crippen LogP contribution in [0.1, 0.15) is 43.2 Å². The molecule has 7 aromatic carbocycles. The topological polar surface area (TPSA) is 55.7 Å². The fourth-order valence-electron chi connectivity index (χ4n) is 8.36. The zero-order valence-corrected chi connectivity index (χ0v) is 32.1. The maximum Gasteiger partial charge on any atom is 0.171 e. The molecule has 0 bridgehead atoms. The van der Waals surface area contributed by atoms with E-state index < -0.39 is 7.14 Å². The zero-order valence-electron chi connectivity index (χ0n) is 31.2. The fourth-order valence-corrected chi connectivity index (χ4v) is 11.0.